The average molecular weight is 230 g/mol. The molecular weight excluding hydrogens is 204 g/mol. The standard InChI is InChI=1S/C12H26N2O2/c1-4-5-6-11(2)13-8-7-12(15)14-9-10-16-3/h11,13H,4-10H2,1-3H3,(H,14,15). The molecule has 0 aromatic carbocycles. The van der Waals surface area contributed by atoms with Gasteiger partial charge in [-0.15, -0.1) is 0 Å². The average Bonchev–Trinajstić information content (AvgIpc) is 2.26. The molecule has 0 fully saturated rings. The van der Waals surface area contributed by atoms with Crippen LogP contribution < -0.4 is 10.6 Å². The van der Waals surface area contributed by atoms with Crippen molar-refractivity contribution in [2.24, 2.45) is 0 Å². The molecule has 1 unspecified atom stereocenters. The first-order valence-corrected chi connectivity index (χ1v) is 6.19. The first kappa shape index (κ1) is 15.4. The zero-order valence-electron chi connectivity index (χ0n) is 10.8. The normalized spacial score (nSPS) is 12.4. The van der Waals surface area contributed by atoms with Crippen molar-refractivity contribution in [3.63, 3.8) is 0 Å². The molecule has 0 saturated carbocycles. The molecule has 0 heterocycles. The lowest BCUT2D eigenvalue weighted by atomic mass is 10.1. The minimum absolute atomic E-state index is 0.0900. The molecule has 0 aliphatic carbocycles. The van der Waals surface area contributed by atoms with E-state index in [1.807, 2.05) is 0 Å². The van der Waals surface area contributed by atoms with E-state index in [1.165, 1.54) is 19.3 Å². The molecule has 0 rings (SSSR count). The third kappa shape index (κ3) is 9.93. The zero-order chi connectivity index (χ0) is 12.2. The SMILES string of the molecule is CCCCC(C)NCCC(=O)NCCOC. The van der Waals surface area contributed by atoms with Crippen molar-refractivity contribution in [1.82, 2.24) is 10.6 Å². The number of unbranched alkanes of at least 4 members (excludes halogenated alkanes) is 1. The van der Waals surface area contributed by atoms with Gasteiger partial charge >= 0.3 is 0 Å². The van der Waals surface area contributed by atoms with Gasteiger partial charge in [-0.2, -0.15) is 0 Å². The summed E-state index contributed by atoms with van der Waals surface area (Å²) in [6.07, 6.45) is 4.19. The minimum Gasteiger partial charge on any atom is -0.383 e. The number of carbonyl (C=O) groups excluding carboxylic acids is 1. The Bertz CT molecular complexity index is 174. The Morgan fingerprint density at radius 1 is 1.38 bits per heavy atom. The first-order valence-electron chi connectivity index (χ1n) is 6.19. The number of carbonyl (C=O) groups is 1. The maximum atomic E-state index is 11.3. The Morgan fingerprint density at radius 3 is 2.75 bits per heavy atom. The van der Waals surface area contributed by atoms with E-state index < -0.39 is 0 Å². The van der Waals surface area contributed by atoms with Crippen LogP contribution in [0.3, 0.4) is 0 Å². The molecule has 0 bridgehead atoms. The van der Waals surface area contributed by atoms with Crippen LogP contribution in [0.2, 0.25) is 0 Å². The predicted molar refractivity (Wildman–Crippen MR) is 66.5 cm³/mol. The van der Waals surface area contributed by atoms with Gasteiger partial charge in [0.05, 0.1) is 6.61 Å². The van der Waals surface area contributed by atoms with Gasteiger partial charge in [0.1, 0.15) is 0 Å². The number of nitrogens with one attached hydrogen (secondary N) is 2. The second-order valence-electron chi connectivity index (χ2n) is 4.09. The van der Waals surface area contributed by atoms with Gasteiger partial charge in [0.2, 0.25) is 5.91 Å². The van der Waals surface area contributed by atoms with Crippen molar-refractivity contribution >= 4 is 5.91 Å². The molecule has 0 aromatic rings. The number of methoxy groups -OCH3 is 1. The third-order valence-electron chi connectivity index (χ3n) is 2.46. The molecule has 96 valence electrons. The van der Waals surface area contributed by atoms with Crippen molar-refractivity contribution in [3.8, 4) is 0 Å². The second kappa shape index (κ2) is 10.9. The Labute approximate surface area is 99.1 Å². The summed E-state index contributed by atoms with van der Waals surface area (Å²) in [5, 5.41) is 6.14. The van der Waals surface area contributed by atoms with Gasteiger partial charge in [0.15, 0.2) is 0 Å². The highest BCUT2D eigenvalue weighted by Gasteiger charge is 2.03. The van der Waals surface area contributed by atoms with Gasteiger partial charge in [0, 0.05) is 32.7 Å². The van der Waals surface area contributed by atoms with Gasteiger partial charge in [-0.05, 0) is 13.3 Å². The number of ether oxygens (including phenoxy) is 1. The highest BCUT2D eigenvalue weighted by molar-refractivity contribution is 5.75. The molecule has 0 aromatic heterocycles. The summed E-state index contributed by atoms with van der Waals surface area (Å²) >= 11 is 0. The van der Waals surface area contributed by atoms with E-state index >= 15 is 0 Å². The molecule has 2 N–H and O–H groups in total. The van der Waals surface area contributed by atoms with Crippen molar-refractivity contribution in [2.75, 3.05) is 26.8 Å². The van der Waals surface area contributed by atoms with E-state index in [-0.39, 0.29) is 5.91 Å². The fraction of sp³-hybridized carbons (Fsp3) is 0.917. The van der Waals surface area contributed by atoms with E-state index in [0.717, 1.165) is 6.54 Å². The van der Waals surface area contributed by atoms with Crippen LogP contribution in [-0.2, 0) is 9.53 Å². The monoisotopic (exact) mass is 230 g/mol. The summed E-state index contributed by atoms with van der Waals surface area (Å²) in [6, 6.07) is 0.506. The van der Waals surface area contributed by atoms with Crippen LogP contribution in [0.25, 0.3) is 0 Å². The van der Waals surface area contributed by atoms with Crippen LogP contribution in [-0.4, -0.2) is 38.8 Å². The van der Waals surface area contributed by atoms with Crippen LogP contribution in [0.4, 0.5) is 0 Å². The molecule has 0 saturated heterocycles. The lowest BCUT2D eigenvalue weighted by Gasteiger charge is -2.12. The summed E-state index contributed by atoms with van der Waals surface area (Å²) < 4.78 is 4.85. The predicted octanol–water partition coefficient (Wildman–Crippen LogP) is 1.31. The fourth-order valence-electron chi connectivity index (χ4n) is 1.43. The number of hydrogen-bond donors (Lipinski definition) is 2. The van der Waals surface area contributed by atoms with Crippen molar-refractivity contribution in [1.29, 1.82) is 0 Å². The molecule has 1 atom stereocenters. The van der Waals surface area contributed by atoms with Crippen LogP contribution in [0, 0.1) is 0 Å². The molecular formula is C12H26N2O2. The minimum atomic E-state index is 0.0900. The lowest BCUT2D eigenvalue weighted by Crippen LogP contribution is -2.33. The molecule has 16 heavy (non-hydrogen) atoms. The Hall–Kier alpha value is -0.610. The molecule has 4 nitrogen and oxygen atoms in total. The summed E-state index contributed by atoms with van der Waals surface area (Å²) in [4.78, 5) is 11.3. The van der Waals surface area contributed by atoms with Crippen molar-refractivity contribution < 1.29 is 9.53 Å². The van der Waals surface area contributed by atoms with E-state index in [1.54, 1.807) is 7.11 Å². The van der Waals surface area contributed by atoms with Gasteiger partial charge in [-0.3, -0.25) is 4.79 Å². The highest BCUT2D eigenvalue weighted by Crippen LogP contribution is 1.98. The largest absolute Gasteiger partial charge is 0.383 e. The third-order valence-corrected chi connectivity index (χ3v) is 2.46. The summed E-state index contributed by atoms with van der Waals surface area (Å²) in [5.41, 5.74) is 0. The summed E-state index contributed by atoms with van der Waals surface area (Å²) in [6.45, 7) is 6.28. The molecule has 0 aliphatic rings. The van der Waals surface area contributed by atoms with Gasteiger partial charge in [-0.25, -0.2) is 0 Å². The summed E-state index contributed by atoms with van der Waals surface area (Å²) in [7, 11) is 1.63. The van der Waals surface area contributed by atoms with Crippen LogP contribution in [0.5, 0.6) is 0 Å². The Kier molecular flexibility index (Phi) is 10.5. The molecule has 1 amide bonds. The Morgan fingerprint density at radius 2 is 2.12 bits per heavy atom. The quantitative estimate of drug-likeness (QED) is 0.556. The molecule has 0 radical (unpaired) electrons. The zero-order valence-corrected chi connectivity index (χ0v) is 10.8. The van der Waals surface area contributed by atoms with E-state index in [0.29, 0.717) is 25.6 Å². The first-order chi connectivity index (χ1) is 7.70. The van der Waals surface area contributed by atoms with Crippen molar-refractivity contribution in [3.05, 3.63) is 0 Å². The highest BCUT2D eigenvalue weighted by atomic mass is 16.5. The van der Waals surface area contributed by atoms with E-state index in [2.05, 4.69) is 24.5 Å². The van der Waals surface area contributed by atoms with Crippen molar-refractivity contribution in [2.45, 2.75) is 45.6 Å². The lowest BCUT2D eigenvalue weighted by molar-refractivity contribution is -0.121. The topological polar surface area (TPSA) is 50.4 Å². The number of hydrogen-bond acceptors (Lipinski definition) is 3. The number of rotatable bonds is 10. The molecule has 0 aliphatic heterocycles. The van der Waals surface area contributed by atoms with Gasteiger partial charge in [0.25, 0.3) is 0 Å². The van der Waals surface area contributed by atoms with Crippen LogP contribution >= 0.6 is 0 Å². The smallest absolute Gasteiger partial charge is 0.221 e. The van der Waals surface area contributed by atoms with Crippen LogP contribution in [0.1, 0.15) is 39.5 Å². The van der Waals surface area contributed by atoms with E-state index in [4.69, 9.17) is 4.74 Å². The van der Waals surface area contributed by atoms with Crippen LogP contribution in [0.15, 0.2) is 0 Å². The van der Waals surface area contributed by atoms with Gasteiger partial charge < -0.3 is 15.4 Å². The maximum absolute atomic E-state index is 11.3. The fourth-order valence-corrected chi connectivity index (χ4v) is 1.43. The summed E-state index contributed by atoms with van der Waals surface area (Å²) in [5.74, 6) is 0.0900. The van der Waals surface area contributed by atoms with Gasteiger partial charge in [-0.1, -0.05) is 19.8 Å². The Balaban J connectivity index is 3.32. The molecule has 0 spiro atoms. The van der Waals surface area contributed by atoms with E-state index in [9.17, 15) is 4.79 Å². The number of amides is 1. The second-order valence-corrected chi connectivity index (χ2v) is 4.09. The molecule has 4 heteroatoms. The maximum Gasteiger partial charge on any atom is 0.221 e.